The van der Waals surface area contributed by atoms with Crippen molar-refractivity contribution in [3.63, 3.8) is 0 Å². The molecule has 0 saturated carbocycles. The molecule has 154 valence electrons. The van der Waals surface area contributed by atoms with Gasteiger partial charge in [0.15, 0.2) is 0 Å². The summed E-state index contributed by atoms with van der Waals surface area (Å²) in [4.78, 5) is 0. The van der Waals surface area contributed by atoms with Gasteiger partial charge in [-0.2, -0.15) is 0 Å². The van der Waals surface area contributed by atoms with E-state index >= 15 is 0 Å². The summed E-state index contributed by atoms with van der Waals surface area (Å²) in [6.07, 6.45) is 0. The molecule has 0 fully saturated rings. The number of hydrogen-bond donors (Lipinski definition) is 2. The van der Waals surface area contributed by atoms with Crippen molar-refractivity contribution in [2.45, 2.75) is 5.41 Å². The highest BCUT2D eigenvalue weighted by Gasteiger charge is 2.46. The zero-order valence-corrected chi connectivity index (χ0v) is 22.2. The van der Waals surface area contributed by atoms with E-state index in [0.29, 0.717) is 8.95 Å². The summed E-state index contributed by atoms with van der Waals surface area (Å²) in [5.74, 6) is 0.375. The van der Waals surface area contributed by atoms with Crippen LogP contribution in [0, 0.1) is 0 Å². The summed E-state index contributed by atoms with van der Waals surface area (Å²) in [7, 11) is 0. The van der Waals surface area contributed by atoms with Crippen molar-refractivity contribution in [1.82, 2.24) is 0 Å². The fourth-order valence-electron chi connectivity index (χ4n) is 4.54. The van der Waals surface area contributed by atoms with Crippen LogP contribution < -0.4 is 0 Å². The number of rotatable bonds is 2. The highest BCUT2D eigenvalue weighted by molar-refractivity contribution is 9.11. The lowest BCUT2D eigenvalue weighted by Gasteiger charge is -2.34. The number of halogens is 4. The summed E-state index contributed by atoms with van der Waals surface area (Å²) in [6.45, 7) is 0. The van der Waals surface area contributed by atoms with E-state index in [1.165, 1.54) is 0 Å². The normalized spacial score (nSPS) is 13.7. The van der Waals surface area contributed by atoms with Crippen LogP contribution in [-0.4, -0.2) is 10.2 Å². The Labute approximate surface area is 213 Å². The molecule has 0 spiro atoms. The van der Waals surface area contributed by atoms with E-state index in [0.717, 1.165) is 42.3 Å². The maximum atomic E-state index is 10.2. The molecule has 0 heterocycles. The minimum Gasteiger partial charge on any atom is -0.507 e. The summed E-state index contributed by atoms with van der Waals surface area (Å²) in [6, 6.07) is 24.0. The van der Waals surface area contributed by atoms with Gasteiger partial charge in [-0.25, -0.2) is 0 Å². The number of hydrogen-bond acceptors (Lipinski definition) is 2. The van der Waals surface area contributed by atoms with Gasteiger partial charge in [-0.1, -0.05) is 56.1 Å². The zero-order valence-electron chi connectivity index (χ0n) is 15.8. The highest BCUT2D eigenvalue weighted by Crippen LogP contribution is 2.58. The molecular formula is C25H14Br4O2. The van der Waals surface area contributed by atoms with Crippen LogP contribution >= 0.6 is 63.7 Å². The van der Waals surface area contributed by atoms with E-state index < -0.39 is 5.41 Å². The van der Waals surface area contributed by atoms with Gasteiger partial charge < -0.3 is 10.2 Å². The van der Waals surface area contributed by atoms with E-state index in [4.69, 9.17) is 0 Å². The SMILES string of the molecule is Oc1ccc(C2(c3ccc(O)c(Br)c3)c3cc(Br)ccc3-c3ccc(Br)cc32)cc1Br. The van der Waals surface area contributed by atoms with Crippen molar-refractivity contribution >= 4 is 63.7 Å². The molecule has 2 nitrogen and oxygen atoms in total. The van der Waals surface area contributed by atoms with Crippen LogP contribution in [-0.2, 0) is 5.41 Å². The largest absolute Gasteiger partial charge is 0.507 e. The molecule has 0 radical (unpaired) electrons. The van der Waals surface area contributed by atoms with Crippen LogP contribution in [0.3, 0.4) is 0 Å². The topological polar surface area (TPSA) is 40.5 Å². The zero-order chi connectivity index (χ0) is 21.9. The molecule has 4 aromatic rings. The second-order valence-corrected chi connectivity index (χ2v) is 11.0. The van der Waals surface area contributed by atoms with Crippen LogP contribution in [0.5, 0.6) is 11.5 Å². The molecule has 0 amide bonds. The standard InChI is InChI=1S/C25H14Br4O2/c26-15-3-5-17-18-6-4-16(27)12-20(18)25(19(17)11-15,13-1-7-23(30)21(28)9-13)14-2-8-24(31)22(29)10-14/h1-12,30-31H. The number of aromatic hydroxyl groups is 2. The van der Waals surface area contributed by atoms with Crippen molar-refractivity contribution in [3.8, 4) is 22.6 Å². The van der Waals surface area contributed by atoms with E-state index in [1.54, 1.807) is 12.1 Å². The van der Waals surface area contributed by atoms with Gasteiger partial charge in [-0.15, -0.1) is 0 Å². The second-order valence-electron chi connectivity index (χ2n) is 7.46. The molecule has 0 aliphatic heterocycles. The molecule has 0 bridgehead atoms. The quantitative estimate of drug-likeness (QED) is 0.199. The number of phenols is 2. The Balaban J connectivity index is 2.00. The average molecular weight is 666 g/mol. The fraction of sp³-hybridized carbons (Fsp3) is 0.0400. The Morgan fingerprint density at radius 2 is 0.935 bits per heavy atom. The molecule has 5 rings (SSSR count). The van der Waals surface area contributed by atoms with Gasteiger partial charge in [0, 0.05) is 8.95 Å². The van der Waals surface area contributed by atoms with Crippen molar-refractivity contribution in [1.29, 1.82) is 0 Å². The van der Waals surface area contributed by atoms with Crippen molar-refractivity contribution in [2.75, 3.05) is 0 Å². The van der Waals surface area contributed by atoms with Crippen LogP contribution in [0.1, 0.15) is 22.3 Å². The minimum atomic E-state index is -0.648. The van der Waals surface area contributed by atoms with E-state index in [9.17, 15) is 10.2 Å². The molecule has 0 saturated heterocycles. The van der Waals surface area contributed by atoms with E-state index in [-0.39, 0.29) is 11.5 Å². The summed E-state index contributed by atoms with van der Waals surface area (Å²) >= 11 is 14.3. The lowest BCUT2D eigenvalue weighted by atomic mass is 9.67. The molecule has 0 aromatic heterocycles. The van der Waals surface area contributed by atoms with Gasteiger partial charge >= 0.3 is 0 Å². The van der Waals surface area contributed by atoms with Gasteiger partial charge in [0.25, 0.3) is 0 Å². The Hall–Kier alpha value is -1.60. The van der Waals surface area contributed by atoms with Crippen molar-refractivity contribution in [3.05, 3.63) is 113 Å². The monoisotopic (exact) mass is 662 g/mol. The minimum absolute atomic E-state index is 0.188. The molecule has 4 aromatic carbocycles. The summed E-state index contributed by atoms with van der Waals surface area (Å²) in [5.41, 5.74) is 5.93. The first-order valence-corrected chi connectivity index (χ1v) is 12.6. The molecule has 31 heavy (non-hydrogen) atoms. The summed E-state index contributed by atoms with van der Waals surface area (Å²) in [5, 5.41) is 20.4. The van der Waals surface area contributed by atoms with Crippen LogP contribution in [0.15, 0.2) is 90.7 Å². The van der Waals surface area contributed by atoms with E-state index in [2.05, 4.69) is 100 Å². The molecular weight excluding hydrogens is 652 g/mol. The molecule has 0 unspecified atom stereocenters. The Bertz CT molecular complexity index is 1260. The molecule has 6 heteroatoms. The predicted octanol–water partition coefficient (Wildman–Crippen LogP) is 8.51. The predicted molar refractivity (Wildman–Crippen MR) is 138 cm³/mol. The lowest BCUT2D eigenvalue weighted by molar-refractivity contribution is 0.471. The maximum absolute atomic E-state index is 10.2. The van der Waals surface area contributed by atoms with Gasteiger partial charge in [0.05, 0.1) is 14.4 Å². The first-order valence-electron chi connectivity index (χ1n) is 9.41. The first-order chi connectivity index (χ1) is 14.8. The second kappa shape index (κ2) is 7.77. The smallest absolute Gasteiger partial charge is 0.129 e. The van der Waals surface area contributed by atoms with Gasteiger partial charge in [0.2, 0.25) is 0 Å². The van der Waals surface area contributed by atoms with Crippen molar-refractivity contribution in [2.24, 2.45) is 0 Å². The van der Waals surface area contributed by atoms with Gasteiger partial charge in [-0.3, -0.25) is 0 Å². The third-order valence-electron chi connectivity index (χ3n) is 5.82. The first kappa shape index (κ1) is 21.3. The van der Waals surface area contributed by atoms with Gasteiger partial charge in [0.1, 0.15) is 11.5 Å². The lowest BCUT2D eigenvalue weighted by Crippen LogP contribution is -2.28. The molecule has 2 N–H and O–H groups in total. The third kappa shape index (κ3) is 3.22. The van der Waals surface area contributed by atoms with Crippen molar-refractivity contribution < 1.29 is 10.2 Å². The molecule has 1 aliphatic carbocycles. The third-order valence-corrected chi connectivity index (χ3v) is 8.08. The highest BCUT2D eigenvalue weighted by atomic mass is 79.9. The van der Waals surface area contributed by atoms with E-state index in [1.807, 2.05) is 24.3 Å². The number of benzene rings is 4. The fourth-order valence-corrected chi connectivity index (χ4v) is 6.02. The van der Waals surface area contributed by atoms with Gasteiger partial charge in [-0.05, 0) is 114 Å². The average Bonchev–Trinajstić information content (AvgIpc) is 3.01. The Morgan fingerprint density at radius 1 is 0.516 bits per heavy atom. The maximum Gasteiger partial charge on any atom is 0.129 e. The van der Waals surface area contributed by atoms with Crippen LogP contribution in [0.4, 0.5) is 0 Å². The summed E-state index contributed by atoms with van der Waals surface area (Å²) < 4.78 is 3.22. The van der Waals surface area contributed by atoms with Crippen LogP contribution in [0.2, 0.25) is 0 Å². The number of phenolic OH excluding ortho intramolecular Hbond substituents is 2. The Morgan fingerprint density at radius 3 is 1.32 bits per heavy atom. The molecule has 1 aliphatic rings. The Kier molecular flexibility index (Phi) is 5.32. The number of fused-ring (bicyclic) bond motifs is 3. The molecule has 0 atom stereocenters. The van der Waals surface area contributed by atoms with Crippen LogP contribution in [0.25, 0.3) is 11.1 Å².